The zero-order chi connectivity index (χ0) is 13.5. The Morgan fingerprint density at radius 1 is 1.26 bits per heavy atom. The fraction of sp³-hybridized carbons (Fsp3) is 0.625. The second kappa shape index (κ2) is 8.18. The van der Waals surface area contributed by atoms with Crippen molar-refractivity contribution in [2.75, 3.05) is 6.54 Å². The van der Waals surface area contributed by atoms with Gasteiger partial charge in [-0.05, 0) is 44.0 Å². The van der Waals surface area contributed by atoms with Crippen molar-refractivity contribution in [1.82, 2.24) is 5.32 Å². The molecule has 1 nitrogen and oxygen atoms in total. The molecule has 0 spiro atoms. The second-order valence-corrected chi connectivity index (χ2v) is 7.06. The fourth-order valence-electron chi connectivity index (χ4n) is 2.69. The van der Waals surface area contributed by atoms with Gasteiger partial charge >= 0.3 is 0 Å². The van der Waals surface area contributed by atoms with Crippen LogP contribution in [0.3, 0.4) is 0 Å². The van der Waals surface area contributed by atoms with E-state index in [0.29, 0.717) is 11.3 Å². The first-order valence-electron chi connectivity index (χ1n) is 7.45. The van der Waals surface area contributed by atoms with Crippen molar-refractivity contribution in [3.63, 3.8) is 0 Å². The third-order valence-electron chi connectivity index (χ3n) is 3.69. The molecule has 2 unspecified atom stereocenters. The third kappa shape index (κ3) is 5.02. The number of hydrogen-bond donors (Lipinski definition) is 1. The van der Waals surface area contributed by atoms with Gasteiger partial charge in [0.2, 0.25) is 0 Å². The molecule has 1 aliphatic rings. The smallest absolute Gasteiger partial charge is 0.0417 e. The van der Waals surface area contributed by atoms with E-state index in [2.05, 4.69) is 30.4 Å². The molecule has 0 radical (unpaired) electrons. The summed E-state index contributed by atoms with van der Waals surface area (Å²) in [5, 5.41) is 5.27. The largest absolute Gasteiger partial charge is 0.313 e. The Hall–Kier alpha value is -0.180. The van der Waals surface area contributed by atoms with Gasteiger partial charge in [0.25, 0.3) is 0 Å². The van der Waals surface area contributed by atoms with E-state index < -0.39 is 0 Å². The molecule has 2 atom stereocenters. The minimum absolute atomic E-state index is 0.659. The van der Waals surface area contributed by atoms with Crippen molar-refractivity contribution >= 4 is 23.4 Å². The van der Waals surface area contributed by atoms with Gasteiger partial charge in [-0.15, -0.1) is 11.8 Å². The predicted octanol–water partition coefficient (Wildman–Crippen LogP) is 5.13. The van der Waals surface area contributed by atoms with Gasteiger partial charge in [-0.1, -0.05) is 43.9 Å². The lowest BCUT2D eigenvalue weighted by molar-refractivity contribution is 0.470. The van der Waals surface area contributed by atoms with Crippen LogP contribution in [0.25, 0.3) is 0 Å². The van der Waals surface area contributed by atoms with Crippen LogP contribution in [0.4, 0.5) is 0 Å². The van der Waals surface area contributed by atoms with E-state index in [4.69, 9.17) is 11.6 Å². The van der Waals surface area contributed by atoms with E-state index in [0.717, 1.165) is 11.6 Å². The Bertz CT molecular complexity index is 383. The lowest BCUT2D eigenvalue weighted by Crippen LogP contribution is -2.37. The van der Waals surface area contributed by atoms with E-state index >= 15 is 0 Å². The molecule has 0 aromatic heterocycles. The van der Waals surface area contributed by atoms with Crippen LogP contribution in [-0.4, -0.2) is 17.8 Å². The van der Waals surface area contributed by atoms with Crippen molar-refractivity contribution in [3.8, 4) is 0 Å². The summed E-state index contributed by atoms with van der Waals surface area (Å²) < 4.78 is 0. The lowest BCUT2D eigenvalue weighted by atomic mass is 10.1. The highest BCUT2D eigenvalue weighted by Gasteiger charge is 2.23. The van der Waals surface area contributed by atoms with Crippen LogP contribution in [0.1, 0.15) is 45.4 Å². The van der Waals surface area contributed by atoms with E-state index in [1.54, 1.807) is 0 Å². The van der Waals surface area contributed by atoms with Crippen molar-refractivity contribution in [3.05, 3.63) is 29.3 Å². The van der Waals surface area contributed by atoms with Crippen LogP contribution >= 0.6 is 23.4 Å². The SMILES string of the molecule is CCCNC1CCCCCC1Sc1cccc(Cl)c1. The van der Waals surface area contributed by atoms with Crippen LogP contribution in [-0.2, 0) is 0 Å². The van der Waals surface area contributed by atoms with Gasteiger partial charge in [-0.3, -0.25) is 0 Å². The van der Waals surface area contributed by atoms with E-state index in [1.807, 2.05) is 17.8 Å². The summed E-state index contributed by atoms with van der Waals surface area (Å²) in [6.45, 7) is 3.38. The fourth-order valence-corrected chi connectivity index (χ4v) is 4.33. The quantitative estimate of drug-likeness (QED) is 0.756. The Morgan fingerprint density at radius 3 is 2.89 bits per heavy atom. The van der Waals surface area contributed by atoms with E-state index in [-0.39, 0.29) is 0 Å². The third-order valence-corrected chi connectivity index (χ3v) is 5.32. The Balaban J connectivity index is 2.00. The normalized spacial score (nSPS) is 24.1. The molecule has 19 heavy (non-hydrogen) atoms. The molecule has 1 fully saturated rings. The topological polar surface area (TPSA) is 12.0 Å². The highest BCUT2D eigenvalue weighted by Crippen LogP contribution is 2.34. The Labute approximate surface area is 126 Å². The highest BCUT2D eigenvalue weighted by atomic mass is 35.5. The summed E-state index contributed by atoms with van der Waals surface area (Å²) >= 11 is 8.09. The molecular weight excluding hydrogens is 274 g/mol. The monoisotopic (exact) mass is 297 g/mol. The van der Waals surface area contributed by atoms with Gasteiger partial charge in [0.1, 0.15) is 0 Å². The maximum Gasteiger partial charge on any atom is 0.0417 e. The summed E-state index contributed by atoms with van der Waals surface area (Å²) in [5.74, 6) is 0. The maximum atomic E-state index is 6.09. The molecule has 0 aliphatic heterocycles. The molecule has 1 aromatic carbocycles. The molecule has 0 heterocycles. The van der Waals surface area contributed by atoms with Crippen molar-refractivity contribution < 1.29 is 0 Å². The summed E-state index contributed by atoms with van der Waals surface area (Å²) in [6, 6.07) is 8.93. The molecule has 1 aliphatic carbocycles. The van der Waals surface area contributed by atoms with Crippen LogP contribution in [0.15, 0.2) is 29.2 Å². The molecule has 3 heteroatoms. The standard InChI is InChI=1S/C16H24ClNS/c1-2-11-18-15-9-4-3-5-10-16(15)19-14-8-6-7-13(17)12-14/h6-8,12,15-16,18H,2-5,9-11H2,1H3. The number of benzene rings is 1. The van der Waals surface area contributed by atoms with Gasteiger partial charge in [-0.2, -0.15) is 0 Å². The molecule has 1 saturated carbocycles. The molecule has 0 saturated heterocycles. The molecule has 1 N–H and O–H groups in total. The van der Waals surface area contributed by atoms with Gasteiger partial charge in [-0.25, -0.2) is 0 Å². The first kappa shape index (κ1) is 15.2. The number of halogens is 1. The lowest BCUT2D eigenvalue weighted by Gasteiger charge is -2.26. The zero-order valence-corrected chi connectivity index (χ0v) is 13.3. The molecular formula is C16H24ClNS. The van der Waals surface area contributed by atoms with Gasteiger partial charge in [0, 0.05) is 21.2 Å². The molecule has 0 amide bonds. The molecule has 106 valence electrons. The zero-order valence-electron chi connectivity index (χ0n) is 11.7. The molecule has 0 bridgehead atoms. The average molecular weight is 298 g/mol. The Morgan fingerprint density at radius 2 is 2.11 bits per heavy atom. The van der Waals surface area contributed by atoms with Crippen LogP contribution in [0, 0.1) is 0 Å². The number of thioether (sulfide) groups is 1. The summed E-state index contributed by atoms with van der Waals surface area (Å²) in [6.07, 6.45) is 7.97. The summed E-state index contributed by atoms with van der Waals surface area (Å²) in [5.41, 5.74) is 0. The van der Waals surface area contributed by atoms with Crippen LogP contribution < -0.4 is 5.32 Å². The summed E-state index contributed by atoms with van der Waals surface area (Å²) in [4.78, 5) is 1.31. The minimum atomic E-state index is 0.659. The van der Waals surface area contributed by atoms with E-state index in [1.165, 1.54) is 43.4 Å². The number of hydrogen-bond acceptors (Lipinski definition) is 2. The van der Waals surface area contributed by atoms with Crippen LogP contribution in [0.2, 0.25) is 5.02 Å². The second-order valence-electron chi connectivity index (χ2n) is 5.31. The predicted molar refractivity (Wildman–Crippen MR) is 86.3 cm³/mol. The van der Waals surface area contributed by atoms with Gasteiger partial charge in [0.05, 0.1) is 0 Å². The minimum Gasteiger partial charge on any atom is -0.313 e. The molecule has 1 aromatic rings. The molecule has 2 rings (SSSR count). The van der Waals surface area contributed by atoms with Crippen molar-refractivity contribution in [1.29, 1.82) is 0 Å². The Kier molecular flexibility index (Phi) is 6.55. The average Bonchev–Trinajstić information content (AvgIpc) is 2.62. The maximum absolute atomic E-state index is 6.09. The number of nitrogens with one attached hydrogen (secondary N) is 1. The van der Waals surface area contributed by atoms with Crippen molar-refractivity contribution in [2.45, 2.75) is 61.6 Å². The first-order chi connectivity index (χ1) is 9.29. The first-order valence-corrected chi connectivity index (χ1v) is 8.71. The van der Waals surface area contributed by atoms with Gasteiger partial charge < -0.3 is 5.32 Å². The summed E-state index contributed by atoms with van der Waals surface area (Å²) in [7, 11) is 0. The van der Waals surface area contributed by atoms with E-state index in [9.17, 15) is 0 Å². The van der Waals surface area contributed by atoms with Gasteiger partial charge in [0.15, 0.2) is 0 Å². The van der Waals surface area contributed by atoms with Crippen LogP contribution in [0.5, 0.6) is 0 Å². The highest BCUT2D eigenvalue weighted by molar-refractivity contribution is 8.00. The number of rotatable bonds is 5. The van der Waals surface area contributed by atoms with Crippen molar-refractivity contribution in [2.24, 2.45) is 0 Å².